The molecule has 3 heterocycles. The van der Waals surface area contributed by atoms with Crippen molar-refractivity contribution in [3.05, 3.63) is 81.9 Å². The number of morpholine rings is 1. The van der Waals surface area contributed by atoms with Crippen LogP contribution in [0.15, 0.2) is 81.2 Å². The Labute approximate surface area is 205 Å². The molecule has 0 radical (unpaired) electrons. The predicted octanol–water partition coefficient (Wildman–Crippen LogP) is 5.31. The zero-order valence-electron chi connectivity index (χ0n) is 18.1. The second kappa shape index (κ2) is 9.59. The molecule has 5 rings (SSSR count). The minimum absolute atomic E-state index is 0.0503. The number of rotatable bonds is 4. The molecule has 2 aliphatic heterocycles. The van der Waals surface area contributed by atoms with Crippen LogP contribution in [0.5, 0.6) is 0 Å². The number of ether oxygens (including phenoxy) is 1. The van der Waals surface area contributed by atoms with Crippen molar-refractivity contribution in [1.29, 1.82) is 0 Å². The lowest BCUT2D eigenvalue weighted by molar-refractivity contribution is -0.121. The van der Waals surface area contributed by atoms with Gasteiger partial charge in [0, 0.05) is 47.9 Å². The SMILES string of the molecule is CN1C(=O)/C(=C/c2cccn2-c2cccc(Br)c2)SC1=Nc1ccc(N2CCOCC2)cc1. The number of benzene rings is 2. The van der Waals surface area contributed by atoms with Crippen molar-refractivity contribution in [3.8, 4) is 5.69 Å². The summed E-state index contributed by atoms with van der Waals surface area (Å²) in [5.74, 6) is -0.0503. The summed E-state index contributed by atoms with van der Waals surface area (Å²) in [5, 5.41) is 0.672. The molecule has 0 atom stereocenters. The Hall–Kier alpha value is -2.81. The summed E-state index contributed by atoms with van der Waals surface area (Å²) in [6, 6.07) is 20.2. The maximum Gasteiger partial charge on any atom is 0.266 e. The Kier molecular flexibility index (Phi) is 6.39. The maximum atomic E-state index is 12.9. The van der Waals surface area contributed by atoms with Gasteiger partial charge in [0.25, 0.3) is 5.91 Å². The normalized spacial score (nSPS) is 19.2. The third kappa shape index (κ3) is 4.78. The van der Waals surface area contributed by atoms with Gasteiger partial charge in [-0.05, 0) is 72.4 Å². The largest absolute Gasteiger partial charge is 0.378 e. The first-order chi connectivity index (χ1) is 16.1. The summed E-state index contributed by atoms with van der Waals surface area (Å²) in [7, 11) is 1.77. The number of hydrogen-bond donors (Lipinski definition) is 0. The van der Waals surface area contributed by atoms with Gasteiger partial charge in [-0.3, -0.25) is 9.69 Å². The molecule has 0 spiro atoms. The molecule has 2 aliphatic rings. The third-order valence-corrected chi connectivity index (χ3v) is 7.15. The van der Waals surface area contributed by atoms with Crippen LogP contribution in [0.3, 0.4) is 0 Å². The van der Waals surface area contributed by atoms with Crippen molar-refractivity contribution in [2.24, 2.45) is 4.99 Å². The van der Waals surface area contributed by atoms with Crippen molar-refractivity contribution >= 4 is 56.2 Å². The molecule has 0 saturated carbocycles. The minimum atomic E-state index is -0.0503. The van der Waals surface area contributed by atoms with Gasteiger partial charge in [-0.15, -0.1) is 0 Å². The molecular weight excluding hydrogens is 500 g/mol. The zero-order valence-corrected chi connectivity index (χ0v) is 20.6. The molecule has 3 aromatic rings. The van der Waals surface area contributed by atoms with Gasteiger partial charge in [0.05, 0.1) is 23.8 Å². The van der Waals surface area contributed by atoms with E-state index in [2.05, 4.69) is 37.5 Å². The lowest BCUT2D eigenvalue weighted by Gasteiger charge is -2.28. The van der Waals surface area contributed by atoms with Crippen molar-refractivity contribution in [2.75, 3.05) is 38.3 Å². The molecule has 1 aromatic heterocycles. The number of nitrogens with zero attached hydrogens (tertiary/aromatic N) is 4. The van der Waals surface area contributed by atoms with Crippen LogP contribution in [-0.2, 0) is 9.53 Å². The number of carbonyl (C=O) groups is 1. The molecule has 8 heteroatoms. The average Bonchev–Trinajstić information content (AvgIpc) is 3.41. The van der Waals surface area contributed by atoms with Crippen LogP contribution in [0.25, 0.3) is 11.8 Å². The summed E-state index contributed by atoms with van der Waals surface area (Å²) in [4.78, 5) is 22.2. The monoisotopic (exact) mass is 522 g/mol. The Morgan fingerprint density at radius 2 is 1.82 bits per heavy atom. The number of thioether (sulfide) groups is 1. The second-order valence-corrected chi connectivity index (χ2v) is 9.69. The van der Waals surface area contributed by atoms with E-state index in [9.17, 15) is 4.79 Å². The average molecular weight is 523 g/mol. The third-order valence-electron chi connectivity index (χ3n) is 5.60. The predicted molar refractivity (Wildman–Crippen MR) is 138 cm³/mol. The molecule has 0 aliphatic carbocycles. The number of aliphatic imine (C=N–C) groups is 1. The van der Waals surface area contributed by atoms with Gasteiger partial charge in [-0.2, -0.15) is 0 Å². The number of carbonyl (C=O) groups excluding carboxylic acids is 1. The van der Waals surface area contributed by atoms with E-state index in [-0.39, 0.29) is 5.91 Å². The van der Waals surface area contributed by atoms with E-state index < -0.39 is 0 Å². The number of amidine groups is 1. The Balaban J connectivity index is 1.37. The van der Waals surface area contributed by atoms with Crippen molar-refractivity contribution in [2.45, 2.75) is 0 Å². The standard InChI is InChI=1S/C25H23BrN4O2S/c1-28-24(31)23(17-22-6-3-11-30(22)21-5-2-4-18(26)16-21)33-25(28)27-19-7-9-20(10-8-19)29-12-14-32-15-13-29/h2-11,16-17H,12-15H2,1H3/b23-17-,27-25?. The molecule has 6 nitrogen and oxygen atoms in total. The molecule has 2 saturated heterocycles. The van der Waals surface area contributed by atoms with Gasteiger partial charge >= 0.3 is 0 Å². The van der Waals surface area contributed by atoms with E-state index in [4.69, 9.17) is 9.73 Å². The highest BCUT2D eigenvalue weighted by atomic mass is 79.9. The lowest BCUT2D eigenvalue weighted by Crippen LogP contribution is -2.36. The van der Waals surface area contributed by atoms with Gasteiger partial charge in [0.15, 0.2) is 5.17 Å². The van der Waals surface area contributed by atoms with Crippen molar-refractivity contribution in [1.82, 2.24) is 9.47 Å². The van der Waals surface area contributed by atoms with Crippen molar-refractivity contribution < 1.29 is 9.53 Å². The quantitative estimate of drug-likeness (QED) is 0.435. The first kappa shape index (κ1) is 22.0. The van der Waals surface area contributed by atoms with Crippen LogP contribution >= 0.6 is 27.7 Å². The number of likely N-dealkylation sites (N-methyl/N-ethyl adjacent to an activating group) is 1. The molecule has 0 unspecified atom stereocenters. The second-order valence-electron chi connectivity index (χ2n) is 7.77. The number of amides is 1. The number of aromatic nitrogens is 1. The van der Waals surface area contributed by atoms with Gasteiger partial charge in [-0.25, -0.2) is 4.99 Å². The van der Waals surface area contributed by atoms with E-state index in [1.54, 1.807) is 11.9 Å². The highest BCUT2D eigenvalue weighted by Gasteiger charge is 2.30. The fourth-order valence-electron chi connectivity index (χ4n) is 3.83. The molecule has 1 amide bonds. The Morgan fingerprint density at radius 1 is 1.03 bits per heavy atom. The summed E-state index contributed by atoms with van der Waals surface area (Å²) >= 11 is 4.92. The number of anilines is 1. The molecule has 0 N–H and O–H groups in total. The smallest absolute Gasteiger partial charge is 0.266 e. The summed E-state index contributed by atoms with van der Waals surface area (Å²) in [6.45, 7) is 3.31. The Bertz CT molecular complexity index is 1230. The summed E-state index contributed by atoms with van der Waals surface area (Å²) in [6.07, 6.45) is 3.92. The van der Waals surface area contributed by atoms with Gasteiger partial charge in [-0.1, -0.05) is 22.0 Å². The van der Waals surface area contributed by atoms with Crippen LogP contribution in [-0.4, -0.2) is 53.9 Å². The molecular formula is C25H23BrN4O2S. The van der Waals surface area contributed by atoms with Gasteiger partial charge in [0.1, 0.15) is 0 Å². The topological polar surface area (TPSA) is 50.1 Å². The van der Waals surface area contributed by atoms with E-state index in [0.29, 0.717) is 10.1 Å². The van der Waals surface area contributed by atoms with Crippen LogP contribution in [0.4, 0.5) is 11.4 Å². The van der Waals surface area contributed by atoms with Crippen molar-refractivity contribution in [3.63, 3.8) is 0 Å². The lowest BCUT2D eigenvalue weighted by atomic mass is 10.2. The zero-order chi connectivity index (χ0) is 22.8. The van der Waals surface area contributed by atoms with Crippen LogP contribution in [0.1, 0.15) is 5.69 Å². The first-order valence-corrected chi connectivity index (χ1v) is 12.3. The van der Waals surface area contributed by atoms with Crippen LogP contribution < -0.4 is 4.90 Å². The number of hydrogen-bond acceptors (Lipinski definition) is 5. The fourth-order valence-corrected chi connectivity index (χ4v) is 5.19. The van der Waals surface area contributed by atoms with E-state index in [1.165, 1.54) is 17.4 Å². The molecule has 2 fully saturated rings. The number of halogens is 1. The summed E-state index contributed by atoms with van der Waals surface area (Å²) in [5.41, 5.74) is 3.96. The van der Waals surface area contributed by atoms with E-state index >= 15 is 0 Å². The van der Waals surface area contributed by atoms with Crippen LogP contribution in [0.2, 0.25) is 0 Å². The first-order valence-electron chi connectivity index (χ1n) is 10.7. The molecule has 0 bridgehead atoms. The van der Waals surface area contributed by atoms with E-state index in [1.807, 2.05) is 60.8 Å². The van der Waals surface area contributed by atoms with E-state index in [0.717, 1.165) is 47.8 Å². The summed E-state index contributed by atoms with van der Waals surface area (Å²) < 4.78 is 8.50. The van der Waals surface area contributed by atoms with Crippen LogP contribution in [0, 0.1) is 0 Å². The molecule has 168 valence electrons. The Morgan fingerprint density at radius 3 is 2.58 bits per heavy atom. The minimum Gasteiger partial charge on any atom is -0.378 e. The molecule has 2 aromatic carbocycles. The van der Waals surface area contributed by atoms with Gasteiger partial charge in [0.2, 0.25) is 0 Å². The maximum absolute atomic E-state index is 12.9. The molecule has 33 heavy (non-hydrogen) atoms. The highest BCUT2D eigenvalue weighted by molar-refractivity contribution is 9.10. The van der Waals surface area contributed by atoms with Gasteiger partial charge < -0.3 is 14.2 Å². The fraction of sp³-hybridized carbons (Fsp3) is 0.200. The highest BCUT2D eigenvalue weighted by Crippen LogP contribution is 2.34.